The van der Waals surface area contributed by atoms with Gasteiger partial charge in [0, 0.05) is 43.7 Å². The van der Waals surface area contributed by atoms with E-state index in [9.17, 15) is 4.79 Å². The van der Waals surface area contributed by atoms with E-state index in [1.165, 1.54) is 10.9 Å². The van der Waals surface area contributed by atoms with Gasteiger partial charge in [-0.25, -0.2) is 4.98 Å². The molecule has 1 unspecified atom stereocenters. The summed E-state index contributed by atoms with van der Waals surface area (Å²) in [5.74, 6) is 0.613. The number of carbonyl (C=O) groups is 1. The Kier molecular flexibility index (Phi) is 2.35. The molecular formula is C13H15N3O. The number of hydrogen-bond donors (Lipinski definition) is 1. The predicted molar refractivity (Wildman–Crippen MR) is 65.7 cm³/mol. The summed E-state index contributed by atoms with van der Waals surface area (Å²) in [7, 11) is 0. The maximum Gasteiger partial charge on any atom is 0.219 e. The topological polar surface area (TPSA) is 49.0 Å². The van der Waals surface area contributed by atoms with Gasteiger partial charge in [0.1, 0.15) is 5.65 Å². The maximum absolute atomic E-state index is 11.3. The van der Waals surface area contributed by atoms with E-state index in [1.54, 1.807) is 13.1 Å². The van der Waals surface area contributed by atoms with Crippen molar-refractivity contribution in [2.75, 3.05) is 13.1 Å². The number of likely N-dealkylation sites (tertiary alicyclic amines) is 1. The highest BCUT2D eigenvalue weighted by atomic mass is 16.2. The molecular weight excluding hydrogens is 214 g/mol. The van der Waals surface area contributed by atoms with Gasteiger partial charge in [-0.2, -0.15) is 0 Å². The van der Waals surface area contributed by atoms with Crippen LogP contribution < -0.4 is 0 Å². The van der Waals surface area contributed by atoms with Gasteiger partial charge in [-0.15, -0.1) is 0 Å². The van der Waals surface area contributed by atoms with Gasteiger partial charge in [0.2, 0.25) is 5.91 Å². The van der Waals surface area contributed by atoms with E-state index in [-0.39, 0.29) is 5.91 Å². The van der Waals surface area contributed by atoms with Crippen molar-refractivity contribution in [3.8, 4) is 0 Å². The van der Waals surface area contributed by atoms with Crippen molar-refractivity contribution in [2.45, 2.75) is 19.3 Å². The summed E-state index contributed by atoms with van der Waals surface area (Å²) in [4.78, 5) is 20.7. The van der Waals surface area contributed by atoms with Crippen LogP contribution in [-0.4, -0.2) is 33.9 Å². The van der Waals surface area contributed by atoms with Gasteiger partial charge in [0.25, 0.3) is 0 Å². The molecule has 3 rings (SSSR count). The number of nitrogens with one attached hydrogen (secondary N) is 1. The first kappa shape index (κ1) is 10.3. The predicted octanol–water partition coefficient (Wildman–Crippen LogP) is 1.90. The van der Waals surface area contributed by atoms with Crippen molar-refractivity contribution < 1.29 is 4.79 Å². The lowest BCUT2D eigenvalue weighted by molar-refractivity contribution is -0.127. The highest BCUT2D eigenvalue weighted by molar-refractivity contribution is 5.80. The number of hydrogen-bond acceptors (Lipinski definition) is 2. The molecule has 0 aromatic carbocycles. The molecule has 1 fully saturated rings. The maximum atomic E-state index is 11.3. The molecule has 4 nitrogen and oxygen atoms in total. The van der Waals surface area contributed by atoms with Crippen molar-refractivity contribution in [3.05, 3.63) is 30.1 Å². The van der Waals surface area contributed by atoms with Gasteiger partial charge >= 0.3 is 0 Å². The Bertz CT molecular complexity index is 561. The average molecular weight is 229 g/mol. The molecule has 1 amide bonds. The van der Waals surface area contributed by atoms with Gasteiger partial charge in [-0.3, -0.25) is 4.79 Å². The molecule has 1 aliphatic rings. The Morgan fingerprint density at radius 3 is 3.24 bits per heavy atom. The van der Waals surface area contributed by atoms with Gasteiger partial charge in [-0.1, -0.05) is 0 Å². The smallest absolute Gasteiger partial charge is 0.219 e. The zero-order valence-corrected chi connectivity index (χ0v) is 9.81. The summed E-state index contributed by atoms with van der Waals surface area (Å²) >= 11 is 0. The molecule has 3 heterocycles. The van der Waals surface area contributed by atoms with Crippen LogP contribution in [0.1, 0.15) is 24.8 Å². The summed E-state index contributed by atoms with van der Waals surface area (Å²) in [6.07, 6.45) is 4.87. The summed E-state index contributed by atoms with van der Waals surface area (Å²) in [6.45, 7) is 3.34. The third kappa shape index (κ3) is 1.69. The lowest BCUT2D eigenvalue weighted by Gasteiger charge is -2.13. The monoisotopic (exact) mass is 229 g/mol. The lowest BCUT2D eigenvalue weighted by Crippen LogP contribution is -2.25. The molecule has 1 aliphatic heterocycles. The zero-order chi connectivity index (χ0) is 11.8. The normalized spacial score (nSPS) is 20.1. The third-order valence-corrected chi connectivity index (χ3v) is 3.56. The van der Waals surface area contributed by atoms with E-state index in [0.29, 0.717) is 5.92 Å². The lowest BCUT2D eigenvalue weighted by atomic mass is 9.99. The van der Waals surface area contributed by atoms with Crippen LogP contribution in [0.2, 0.25) is 0 Å². The number of nitrogens with zero attached hydrogens (tertiary/aromatic N) is 2. The molecule has 0 radical (unpaired) electrons. The van der Waals surface area contributed by atoms with Crippen molar-refractivity contribution in [3.63, 3.8) is 0 Å². The molecule has 1 atom stereocenters. The molecule has 2 aromatic heterocycles. The molecule has 2 aromatic rings. The van der Waals surface area contributed by atoms with Crippen molar-refractivity contribution in [2.24, 2.45) is 0 Å². The molecule has 4 heteroatoms. The Morgan fingerprint density at radius 2 is 2.47 bits per heavy atom. The quantitative estimate of drug-likeness (QED) is 0.812. The second-order valence-corrected chi connectivity index (χ2v) is 4.59. The SMILES string of the molecule is CC(=O)N1CCC(c2c[nH]c3ncccc23)C1. The summed E-state index contributed by atoms with van der Waals surface area (Å²) in [5.41, 5.74) is 2.22. The number of pyridine rings is 1. The van der Waals surface area contributed by atoms with Gasteiger partial charge in [0.15, 0.2) is 0 Å². The zero-order valence-electron chi connectivity index (χ0n) is 9.81. The fraction of sp³-hybridized carbons (Fsp3) is 0.385. The van der Waals surface area contributed by atoms with E-state index in [0.717, 1.165) is 25.2 Å². The van der Waals surface area contributed by atoms with Gasteiger partial charge < -0.3 is 9.88 Å². The second kappa shape index (κ2) is 3.87. The minimum absolute atomic E-state index is 0.172. The molecule has 1 saturated heterocycles. The van der Waals surface area contributed by atoms with Crippen molar-refractivity contribution in [1.29, 1.82) is 0 Å². The fourth-order valence-electron chi connectivity index (χ4n) is 2.62. The second-order valence-electron chi connectivity index (χ2n) is 4.59. The largest absolute Gasteiger partial charge is 0.346 e. The van der Waals surface area contributed by atoms with Gasteiger partial charge in [0.05, 0.1) is 0 Å². The average Bonchev–Trinajstić information content (AvgIpc) is 2.95. The van der Waals surface area contributed by atoms with E-state index >= 15 is 0 Å². The van der Waals surface area contributed by atoms with Crippen molar-refractivity contribution >= 4 is 16.9 Å². The van der Waals surface area contributed by atoms with Gasteiger partial charge in [-0.05, 0) is 24.1 Å². The Balaban J connectivity index is 1.93. The van der Waals surface area contributed by atoms with Crippen molar-refractivity contribution in [1.82, 2.24) is 14.9 Å². The summed E-state index contributed by atoms with van der Waals surface area (Å²) in [5, 5.41) is 1.18. The van der Waals surface area contributed by atoms with Crippen LogP contribution >= 0.6 is 0 Å². The van der Waals surface area contributed by atoms with Crippen LogP contribution in [0.25, 0.3) is 11.0 Å². The van der Waals surface area contributed by atoms with Crippen LogP contribution in [0, 0.1) is 0 Å². The van der Waals surface area contributed by atoms with Crippen LogP contribution in [0.4, 0.5) is 0 Å². The Labute approximate surface area is 99.6 Å². The number of rotatable bonds is 1. The fourth-order valence-corrected chi connectivity index (χ4v) is 2.62. The number of fused-ring (bicyclic) bond motifs is 1. The van der Waals surface area contributed by atoms with Crippen LogP contribution in [0.3, 0.4) is 0 Å². The number of aromatic amines is 1. The third-order valence-electron chi connectivity index (χ3n) is 3.56. The van der Waals surface area contributed by atoms with E-state index < -0.39 is 0 Å². The molecule has 0 saturated carbocycles. The first-order valence-electron chi connectivity index (χ1n) is 5.93. The van der Waals surface area contributed by atoms with E-state index in [2.05, 4.69) is 16.0 Å². The molecule has 0 bridgehead atoms. The molecule has 0 spiro atoms. The minimum atomic E-state index is 0.172. The minimum Gasteiger partial charge on any atom is -0.346 e. The molecule has 17 heavy (non-hydrogen) atoms. The molecule has 1 N–H and O–H groups in total. The number of H-pyrrole nitrogens is 1. The highest BCUT2D eigenvalue weighted by Crippen LogP contribution is 2.31. The van der Waals surface area contributed by atoms with Crippen LogP contribution in [0.15, 0.2) is 24.5 Å². The van der Waals surface area contributed by atoms with Crippen LogP contribution in [-0.2, 0) is 4.79 Å². The number of carbonyl (C=O) groups excluding carboxylic acids is 1. The van der Waals surface area contributed by atoms with E-state index in [4.69, 9.17) is 0 Å². The highest BCUT2D eigenvalue weighted by Gasteiger charge is 2.27. The van der Waals surface area contributed by atoms with E-state index in [1.807, 2.05) is 17.2 Å². The number of amides is 1. The number of aromatic nitrogens is 2. The Morgan fingerprint density at radius 1 is 1.59 bits per heavy atom. The molecule has 0 aliphatic carbocycles. The molecule has 88 valence electrons. The summed E-state index contributed by atoms with van der Waals surface area (Å²) in [6, 6.07) is 4.04. The Hall–Kier alpha value is -1.84. The first-order chi connectivity index (χ1) is 8.25. The first-order valence-corrected chi connectivity index (χ1v) is 5.93. The standard InChI is InChI=1S/C13H15N3O/c1-9(17)16-6-4-10(8-16)12-7-15-13-11(12)3-2-5-14-13/h2-3,5,7,10H,4,6,8H2,1H3,(H,14,15). The summed E-state index contributed by atoms with van der Waals surface area (Å²) < 4.78 is 0. The van der Waals surface area contributed by atoms with Crippen LogP contribution in [0.5, 0.6) is 0 Å².